The van der Waals surface area contributed by atoms with Crippen LogP contribution in [0.3, 0.4) is 0 Å². The summed E-state index contributed by atoms with van der Waals surface area (Å²) in [6, 6.07) is 3.74. The van der Waals surface area contributed by atoms with Gasteiger partial charge < -0.3 is 14.9 Å². The zero-order valence-corrected chi connectivity index (χ0v) is 15.5. The van der Waals surface area contributed by atoms with Crippen LogP contribution in [-0.4, -0.2) is 57.7 Å². The lowest BCUT2D eigenvalue weighted by atomic mass is 9.85. The van der Waals surface area contributed by atoms with Crippen LogP contribution < -0.4 is 9.80 Å². The summed E-state index contributed by atoms with van der Waals surface area (Å²) in [6.07, 6.45) is 2.22. The molecule has 1 N–H and O–H groups in total. The lowest BCUT2D eigenvalue weighted by Gasteiger charge is -2.23. The van der Waals surface area contributed by atoms with E-state index >= 15 is 0 Å². The van der Waals surface area contributed by atoms with Gasteiger partial charge in [0.25, 0.3) is 0 Å². The Hall–Kier alpha value is -3.31. The third-order valence-electron chi connectivity index (χ3n) is 4.96. The van der Waals surface area contributed by atoms with Gasteiger partial charge in [0.2, 0.25) is 11.9 Å². The van der Waals surface area contributed by atoms with E-state index in [9.17, 15) is 22.4 Å². The summed E-state index contributed by atoms with van der Waals surface area (Å²) in [6.45, 7) is 1.98. The monoisotopic (exact) mass is 427 g/mol. The number of pyridine rings is 1. The fourth-order valence-corrected chi connectivity index (χ4v) is 3.47. The summed E-state index contributed by atoms with van der Waals surface area (Å²) in [5.41, 5.74) is 0.444. The number of nitrogens with zero attached hydrogens (tertiary/aromatic N) is 5. The second-order valence-electron chi connectivity index (χ2n) is 6.87. The van der Waals surface area contributed by atoms with E-state index in [4.69, 9.17) is 9.90 Å². The molecule has 2 aliphatic rings. The molecule has 4 rings (SSSR count). The highest BCUT2D eigenvalue weighted by molar-refractivity contribution is 6.00. The number of hydrogen-bond acceptors (Lipinski definition) is 6. The maximum Gasteiger partial charge on any atom is 0.490 e. The first-order chi connectivity index (χ1) is 14.1. The van der Waals surface area contributed by atoms with Crippen molar-refractivity contribution in [1.29, 1.82) is 0 Å². The van der Waals surface area contributed by atoms with Crippen LogP contribution >= 0.6 is 0 Å². The van der Waals surface area contributed by atoms with Gasteiger partial charge in [0.15, 0.2) is 5.82 Å². The molecule has 0 radical (unpaired) electrons. The fourth-order valence-electron chi connectivity index (χ4n) is 3.47. The van der Waals surface area contributed by atoms with Crippen molar-refractivity contribution in [3.8, 4) is 0 Å². The fraction of sp³-hybridized carbons (Fsp3) is 0.389. The van der Waals surface area contributed by atoms with Crippen LogP contribution in [0.25, 0.3) is 0 Å². The number of halogens is 4. The molecule has 8 nitrogen and oxygen atoms in total. The predicted molar refractivity (Wildman–Crippen MR) is 96.2 cm³/mol. The summed E-state index contributed by atoms with van der Waals surface area (Å²) >= 11 is 0. The van der Waals surface area contributed by atoms with Gasteiger partial charge in [-0.05, 0) is 25.0 Å². The number of carboxylic acids is 1. The van der Waals surface area contributed by atoms with Crippen molar-refractivity contribution < 1.29 is 32.3 Å². The van der Waals surface area contributed by atoms with E-state index < -0.39 is 23.4 Å². The van der Waals surface area contributed by atoms with Crippen LogP contribution in [-0.2, 0) is 9.59 Å². The second-order valence-corrected chi connectivity index (χ2v) is 6.87. The highest BCUT2D eigenvalue weighted by atomic mass is 19.4. The SMILES string of the molecule is O=C(O)C(F)(F)F.O=C1N(c2cccnc2)CCC12CCN(c1ncc(F)cn1)C2. The van der Waals surface area contributed by atoms with E-state index in [2.05, 4.69) is 15.0 Å². The normalized spacial score (nSPS) is 21.0. The van der Waals surface area contributed by atoms with Gasteiger partial charge in [-0.2, -0.15) is 13.2 Å². The highest BCUT2D eigenvalue weighted by Gasteiger charge is 2.51. The van der Waals surface area contributed by atoms with E-state index in [0.717, 1.165) is 30.9 Å². The molecule has 2 aliphatic heterocycles. The van der Waals surface area contributed by atoms with E-state index in [1.165, 1.54) is 0 Å². The van der Waals surface area contributed by atoms with Crippen LogP contribution in [0.15, 0.2) is 36.9 Å². The molecular formula is C18H17F4N5O3. The first kappa shape index (κ1) is 21.4. The minimum absolute atomic E-state index is 0.134. The Morgan fingerprint density at radius 1 is 1.13 bits per heavy atom. The maximum atomic E-state index is 13.0. The maximum absolute atomic E-state index is 13.0. The van der Waals surface area contributed by atoms with Crippen molar-refractivity contribution in [2.24, 2.45) is 5.41 Å². The quantitative estimate of drug-likeness (QED) is 0.734. The molecule has 0 aliphatic carbocycles. The Balaban J connectivity index is 0.000000318. The smallest absolute Gasteiger partial charge is 0.475 e. The number of aromatic nitrogens is 3. The topological polar surface area (TPSA) is 99.5 Å². The number of carbonyl (C=O) groups excluding carboxylic acids is 1. The number of aliphatic carboxylic acids is 1. The molecule has 160 valence electrons. The van der Waals surface area contributed by atoms with Gasteiger partial charge in [0.05, 0.1) is 29.7 Å². The van der Waals surface area contributed by atoms with Gasteiger partial charge >= 0.3 is 12.1 Å². The van der Waals surface area contributed by atoms with Gasteiger partial charge in [-0.3, -0.25) is 9.78 Å². The van der Waals surface area contributed by atoms with Crippen molar-refractivity contribution >= 4 is 23.5 Å². The molecule has 0 saturated carbocycles. The molecule has 0 bridgehead atoms. The second kappa shape index (κ2) is 8.20. The van der Waals surface area contributed by atoms with Crippen molar-refractivity contribution in [2.45, 2.75) is 19.0 Å². The number of alkyl halides is 3. The van der Waals surface area contributed by atoms with Gasteiger partial charge in [0.1, 0.15) is 0 Å². The third-order valence-corrected chi connectivity index (χ3v) is 4.96. The molecule has 1 spiro atoms. The summed E-state index contributed by atoms with van der Waals surface area (Å²) in [4.78, 5) is 37.7. The summed E-state index contributed by atoms with van der Waals surface area (Å²) in [7, 11) is 0. The largest absolute Gasteiger partial charge is 0.490 e. The van der Waals surface area contributed by atoms with Gasteiger partial charge in [-0.25, -0.2) is 19.2 Å². The Morgan fingerprint density at radius 2 is 1.77 bits per heavy atom. The molecule has 2 aromatic heterocycles. The zero-order valence-electron chi connectivity index (χ0n) is 15.5. The highest BCUT2D eigenvalue weighted by Crippen LogP contribution is 2.42. The average molecular weight is 427 g/mol. The Labute approximate surface area is 168 Å². The molecule has 12 heteroatoms. The number of rotatable bonds is 2. The lowest BCUT2D eigenvalue weighted by molar-refractivity contribution is -0.192. The molecule has 0 aromatic carbocycles. The number of amides is 1. The van der Waals surface area contributed by atoms with Crippen LogP contribution in [0.5, 0.6) is 0 Å². The predicted octanol–water partition coefficient (Wildman–Crippen LogP) is 2.28. The molecule has 1 unspecified atom stereocenters. The zero-order chi connectivity index (χ0) is 21.9. The first-order valence-electron chi connectivity index (χ1n) is 8.87. The molecule has 2 fully saturated rings. The van der Waals surface area contributed by atoms with E-state index in [0.29, 0.717) is 25.6 Å². The molecule has 1 atom stereocenters. The summed E-state index contributed by atoms with van der Waals surface area (Å²) in [5, 5.41) is 7.12. The average Bonchev–Trinajstić information content (AvgIpc) is 3.28. The van der Waals surface area contributed by atoms with Crippen LogP contribution in [0.1, 0.15) is 12.8 Å². The minimum Gasteiger partial charge on any atom is -0.475 e. The van der Waals surface area contributed by atoms with E-state index in [-0.39, 0.29) is 5.91 Å². The first-order valence-corrected chi connectivity index (χ1v) is 8.87. The third kappa shape index (κ3) is 4.47. The molecule has 4 heterocycles. The standard InChI is InChI=1S/C16H16FN5O.C2HF3O2/c17-12-8-19-15(20-9-12)21-6-3-16(11-21)4-7-22(14(16)23)13-2-1-5-18-10-13;3-2(4,5)1(6)7/h1-2,5,8-10H,3-4,6-7,11H2;(H,6,7). The van der Waals surface area contributed by atoms with Crippen molar-refractivity contribution in [2.75, 3.05) is 29.4 Å². The van der Waals surface area contributed by atoms with Crippen molar-refractivity contribution in [1.82, 2.24) is 15.0 Å². The molecule has 2 aromatic rings. The minimum atomic E-state index is -5.08. The number of carboxylic acid groups (broad SMARTS) is 1. The van der Waals surface area contributed by atoms with Crippen LogP contribution in [0, 0.1) is 11.2 Å². The number of carbonyl (C=O) groups is 2. The lowest BCUT2D eigenvalue weighted by Crippen LogP contribution is -2.37. The van der Waals surface area contributed by atoms with E-state index in [1.54, 1.807) is 12.4 Å². The molecule has 30 heavy (non-hydrogen) atoms. The van der Waals surface area contributed by atoms with Crippen molar-refractivity contribution in [3.05, 3.63) is 42.7 Å². The van der Waals surface area contributed by atoms with Gasteiger partial charge in [0, 0.05) is 25.8 Å². The Kier molecular flexibility index (Phi) is 5.85. The Bertz CT molecular complexity index is 910. The molecule has 1 amide bonds. The summed E-state index contributed by atoms with van der Waals surface area (Å²) in [5.74, 6) is -2.60. The van der Waals surface area contributed by atoms with Gasteiger partial charge in [-0.15, -0.1) is 0 Å². The Morgan fingerprint density at radius 3 is 2.33 bits per heavy atom. The van der Waals surface area contributed by atoms with Crippen molar-refractivity contribution in [3.63, 3.8) is 0 Å². The summed E-state index contributed by atoms with van der Waals surface area (Å²) < 4.78 is 44.7. The van der Waals surface area contributed by atoms with Crippen LogP contribution in [0.4, 0.5) is 29.2 Å². The number of anilines is 2. The van der Waals surface area contributed by atoms with E-state index in [1.807, 2.05) is 21.9 Å². The van der Waals surface area contributed by atoms with Crippen LogP contribution in [0.2, 0.25) is 0 Å². The molecule has 2 saturated heterocycles. The number of hydrogen-bond donors (Lipinski definition) is 1. The van der Waals surface area contributed by atoms with Gasteiger partial charge in [-0.1, -0.05) is 0 Å². The molecular weight excluding hydrogens is 410 g/mol.